The number of anilines is 2. The minimum atomic E-state index is -0.707. The van der Waals surface area contributed by atoms with Crippen molar-refractivity contribution in [3.63, 3.8) is 0 Å². The molecule has 2 amide bonds. The zero-order chi connectivity index (χ0) is 21.1. The first kappa shape index (κ1) is 21.0. The van der Waals surface area contributed by atoms with E-state index in [1.54, 1.807) is 31.2 Å². The predicted octanol–water partition coefficient (Wildman–Crippen LogP) is 4.49. The highest BCUT2D eigenvalue weighted by Gasteiger charge is 2.33. The number of carbonyl (C=O) groups excluding carboxylic acids is 3. The minimum Gasteiger partial charge on any atom is -0.479 e. The number of ketones is 1. The zero-order valence-corrected chi connectivity index (χ0v) is 18.2. The lowest BCUT2D eigenvalue weighted by molar-refractivity contribution is -0.127. The van der Waals surface area contributed by atoms with Gasteiger partial charge in [0.05, 0.1) is 5.69 Å². The Morgan fingerprint density at radius 2 is 1.97 bits per heavy atom. The van der Waals surface area contributed by atoms with Gasteiger partial charge in [-0.25, -0.2) is 0 Å². The van der Waals surface area contributed by atoms with Gasteiger partial charge in [0.25, 0.3) is 5.91 Å². The van der Waals surface area contributed by atoms with Crippen LogP contribution in [-0.4, -0.2) is 30.2 Å². The van der Waals surface area contributed by atoms with Gasteiger partial charge in [-0.05, 0) is 62.2 Å². The van der Waals surface area contributed by atoms with E-state index in [2.05, 4.69) is 21.2 Å². The van der Waals surface area contributed by atoms with Crippen LogP contribution < -0.4 is 15.0 Å². The van der Waals surface area contributed by atoms with E-state index in [4.69, 9.17) is 4.74 Å². The maximum absolute atomic E-state index is 12.7. The third kappa shape index (κ3) is 4.67. The number of ether oxygens (including phenoxy) is 1. The minimum absolute atomic E-state index is 0.00346. The van der Waals surface area contributed by atoms with Gasteiger partial charge in [-0.1, -0.05) is 22.9 Å². The van der Waals surface area contributed by atoms with E-state index in [1.807, 2.05) is 26.0 Å². The SMILES string of the molecule is CCCC(=O)c1ccc2c(c1)N(CC(=O)Nc1ccc(Br)cc1C)C(=O)C(C)O2. The molecule has 0 spiro atoms. The van der Waals surface area contributed by atoms with Crippen LogP contribution in [0.1, 0.15) is 42.6 Å². The Balaban J connectivity index is 1.86. The molecule has 1 aliphatic heterocycles. The van der Waals surface area contributed by atoms with Crippen LogP contribution in [0.2, 0.25) is 0 Å². The van der Waals surface area contributed by atoms with Gasteiger partial charge in [0.15, 0.2) is 11.9 Å². The molecule has 1 atom stereocenters. The highest BCUT2D eigenvalue weighted by molar-refractivity contribution is 9.10. The first-order valence-electron chi connectivity index (χ1n) is 9.51. The molecule has 1 N–H and O–H groups in total. The first-order valence-corrected chi connectivity index (χ1v) is 10.3. The molecule has 0 fully saturated rings. The van der Waals surface area contributed by atoms with Crippen LogP contribution in [-0.2, 0) is 9.59 Å². The van der Waals surface area contributed by atoms with Crippen molar-refractivity contribution >= 4 is 44.9 Å². The molecule has 0 radical (unpaired) electrons. The first-order chi connectivity index (χ1) is 13.8. The molecule has 0 saturated heterocycles. The fourth-order valence-electron chi connectivity index (χ4n) is 3.22. The number of fused-ring (bicyclic) bond motifs is 1. The summed E-state index contributed by atoms with van der Waals surface area (Å²) in [6.45, 7) is 5.31. The maximum atomic E-state index is 12.7. The summed E-state index contributed by atoms with van der Waals surface area (Å²) >= 11 is 3.40. The number of aryl methyl sites for hydroxylation is 1. The third-order valence-electron chi connectivity index (χ3n) is 4.73. The second kappa shape index (κ2) is 8.78. The summed E-state index contributed by atoms with van der Waals surface area (Å²) in [5, 5.41) is 2.85. The second-order valence-electron chi connectivity index (χ2n) is 7.05. The molecule has 1 heterocycles. The number of rotatable bonds is 6. The molecule has 1 aliphatic rings. The molecular weight excluding hydrogens is 436 g/mol. The monoisotopic (exact) mass is 458 g/mol. The molecule has 6 nitrogen and oxygen atoms in total. The van der Waals surface area contributed by atoms with E-state index in [0.717, 1.165) is 16.5 Å². The summed E-state index contributed by atoms with van der Waals surface area (Å²) in [5.41, 5.74) is 2.53. The van der Waals surface area contributed by atoms with Crippen LogP contribution >= 0.6 is 15.9 Å². The van der Waals surface area contributed by atoms with Crippen molar-refractivity contribution in [1.82, 2.24) is 0 Å². The Kier molecular flexibility index (Phi) is 6.37. The van der Waals surface area contributed by atoms with Crippen molar-refractivity contribution in [3.05, 3.63) is 52.0 Å². The van der Waals surface area contributed by atoms with Crippen LogP contribution in [0.15, 0.2) is 40.9 Å². The average molecular weight is 459 g/mol. The number of benzene rings is 2. The molecule has 2 aromatic rings. The number of carbonyl (C=O) groups is 3. The highest BCUT2D eigenvalue weighted by atomic mass is 79.9. The van der Waals surface area contributed by atoms with Gasteiger partial charge in [-0.2, -0.15) is 0 Å². The van der Waals surface area contributed by atoms with Crippen LogP contribution in [0.5, 0.6) is 5.75 Å². The maximum Gasteiger partial charge on any atom is 0.268 e. The number of halogens is 1. The Bertz CT molecular complexity index is 973. The Morgan fingerprint density at radius 1 is 1.21 bits per heavy atom. The summed E-state index contributed by atoms with van der Waals surface area (Å²) < 4.78 is 6.58. The van der Waals surface area contributed by atoms with Crippen LogP contribution in [0.3, 0.4) is 0 Å². The van der Waals surface area contributed by atoms with Crippen LogP contribution in [0.25, 0.3) is 0 Å². The van der Waals surface area contributed by atoms with Crippen molar-refractivity contribution in [1.29, 1.82) is 0 Å². The van der Waals surface area contributed by atoms with Gasteiger partial charge >= 0.3 is 0 Å². The van der Waals surface area contributed by atoms with Gasteiger partial charge in [-0.15, -0.1) is 0 Å². The summed E-state index contributed by atoms with van der Waals surface area (Å²) in [5.74, 6) is -0.164. The Hall–Kier alpha value is -2.67. The van der Waals surface area contributed by atoms with Gasteiger partial charge in [0.2, 0.25) is 5.91 Å². The molecule has 1 unspecified atom stereocenters. The second-order valence-corrected chi connectivity index (χ2v) is 7.96. The van der Waals surface area contributed by atoms with E-state index >= 15 is 0 Å². The Morgan fingerprint density at radius 3 is 2.66 bits per heavy atom. The van der Waals surface area contributed by atoms with Crippen LogP contribution in [0.4, 0.5) is 11.4 Å². The lowest BCUT2D eigenvalue weighted by Crippen LogP contribution is -2.47. The number of amides is 2. The van der Waals surface area contributed by atoms with Crippen molar-refractivity contribution in [3.8, 4) is 5.75 Å². The fourth-order valence-corrected chi connectivity index (χ4v) is 3.69. The summed E-state index contributed by atoms with van der Waals surface area (Å²) in [4.78, 5) is 39.1. The van der Waals surface area contributed by atoms with Crippen LogP contribution in [0, 0.1) is 6.92 Å². The standard InChI is InChI=1S/C22H23BrN2O4/c1-4-5-19(26)15-6-9-20-18(11-15)25(22(28)14(3)29-20)12-21(27)24-17-8-7-16(23)10-13(17)2/h6-11,14H,4-5,12H2,1-3H3,(H,24,27). The molecule has 0 aliphatic carbocycles. The number of nitrogens with one attached hydrogen (secondary N) is 1. The lowest BCUT2D eigenvalue weighted by Gasteiger charge is -2.33. The number of Topliss-reactive ketones (excluding diaryl/α,β-unsaturated/α-hetero) is 1. The molecule has 2 aromatic carbocycles. The Labute approximate surface area is 178 Å². The quantitative estimate of drug-likeness (QED) is 0.646. The smallest absolute Gasteiger partial charge is 0.268 e. The number of nitrogens with zero attached hydrogens (tertiary/aromatic N) is 1. The largest absolute Gasteiger partial charge is 0.479 e. The van der Waals surface area contributed by atoms with Gasteiger partial charge in [-0.3, -0.25) is 19.3 Å². The number of hydrogen-bond acceptors (Lipinski definition) is 4. The molecule has 7 heteroatoms. The molecule has 29 heavy (non-hydrogen) atoms. The molecular formula is C22H23BrN2O4. The summed E-state index contributed by atoms with van der Waals surface area (Å²) in [6, 6.07) is 10.6. The van der Waals surface area contributed by atoms with E-state index < -0.39 is 6.10 Å². The highest BCUT2D eigenvalue weighted by Crippen LogP contribution is 2.35. The summed E-state index contributed by atoms with van der Waals surface area (Å²) in [7, 11) is 0. The molecule has 0 saturated carbocycles. The fraction of sp³-hybridized carbons (Fsp3) is 0.318. The topological polar surface area (TPSA) is 75.7 Å². The van der Waals surface area contributed by atoms with Crippen molar-refractivity contribution in [2.75, 3.05) is 16.8 Å². The normalized spacial score (nSPS) is 15.5. The van der Waals surface area contributed by atoms with E-state index in [-0.39, 0.29) is 24.1 Å². The lowest BCUT2D eigenvalue weighted by atomic mass is 10.0. The summed E-state index contributed by atoms with van der Waals surface area (Å²) in [6.07, 6.45) is 0.455. The predicted molar refractivity (Wildman–Crippen MR) is 116 cm³/mol. The van der Waals surface area contributed by atoms with Gasteiger partial charge in [0.1, 0.15) is 12.3 Å². The molecule has 0 bridgehead atoms. The molecule has 0 aromatic heterocycles. The van der Waals surface area contributed by atoms with Gasteiger partial charge < -0.3 is 10.1 Å². The molecule has 3 rings (SSSR count). The van der Waals surface area contributed by atoms with Crippen molar-refractivity contribution in [2.45, 2.75) is 39.7 Å². The van der Waals surface area contributed by atoms with E-state index in [9.17, 15) is 14.4 Å². The van der Waals surface area contributed by atoms with Crippen molar-refractivity contribution in [2.24, 2.45) is 0 Å². The van der Waals surface area contributed by atoms with E-state index in [1.165, 1.54) is 4.90 Å². The average Bonchev–Trinajstić information content (AvgIpc) is 2.67. The number of hydrogen-bond donors (Lipinski definition) is 1. The van der Waals surface area contributed by atoms with E-state index in [0.29, 0.717) is 29.1 Å². The third-order valence-corrected chi connectivity index (χ3v) is 5.22. The van der Waals surface area contributed by atoms with Crippen molar-refractivity contribution < 1.29 is 19.1 Å². The molecule has 152 valence electrons. The van der Waals surface area contributed by atoms with Gasteiger partial charge in [0, 0.05) is 22.1 Å². The zero-order valence-electron chi connectivity index (χ0n) is 16.6.